The van der Waals surface area contributed by atoms with Crippen LogP contribution in [-0.2, 0) is 9.59 Å². The van der Waals surface area contributed by atoms with Gasteiger partial charge in [0.25, 0.3) is 0 Å². The van der Waals surface area contributed by atoms with Gasteiger partial charge < -0.3 is 16.4 Å². The molecular formula is C16H23N3O2. The van der Waals surface area contributed by atoms with Gasteiger partial charge in [-0.05, 0) is 25.3 Å². The van der Waals surface area contributed by atoms with E-state index >= 15 is 0 Å². The molecule has 0 saturated carbocycles. The first-order chi connectivity index (χ1) is 9.99. The smallest absolute Gasteiger partial charge is 0.224 e. The molecule has 1 aromatic rings. The minimum Gasteiger partial charge on any atom is -0.369 e. The van der Waals surface area contributed by atoms with E-state index < -0.39 is 0 Å². The molecule has 4 N–H and O–H groups in total. The summed E-state index contributed by atoms with van der Waals surface area (Å²) in [7, 11) is 0. The van der Waals surface area contributed by atoms with Crippen molar-refractivity contribution in [1.29, 1.82) is 0 Å². The van der Waals surface area contributed by atoms with Crippen LogP contribution in [0.2, 0.25) is 0 Å². The Morgan fingerprint density at radius 3 is 2.57 bits per heavy atom. The molecule has 0 bridgehead atoms. The molecule has 0 radical (unpaired) electrons. The van der Waals surface area contributed by atoms with Crippen LogP contribution in [0.25, 0.3) is 0 Å². The van der Waals surface area contributed by atoms with Gasteiger partial charge in [-0.3, -0.25) is 9.59 Å². The summed E-state index contributed by atoms with van der Waals surface area (Å²) in [6.45, 7) is 2.42. The number of benzene rings is 1. The molecule has 2 amide bonds. The molecule has 1 heterocycles. The van der Waals surface area contributed by atoms with Gasteiger partial charge in [0, 0.05) is 25.0 Å². The van der Waals surface area contributed by atoms with Crippen LogP contribution in [0.5, 0.6) is 0 Å². The van der Waals surface area contributed by atoms with Crippen molar-refractivity contribution in [2.45, 2.75) is 38.3 Å². The van der Waals surface area contributed by atoms with Crippen LogP contribution < -0.4 is 11.5 Å². The standard InChI is InChI=1S/C16H23N3O2/c1-11-7-8-13(16(18)21)10-19(11)15(20)9-14(17)12-5-3-2-4-6-12/h2-6,11,13-14H,7-10,17H2,1H3,(H2,18,21)/t11-,13+,14-/m1/s1. The second-order valence-corrected chi connectivity index (χ2v) is 5.79. The second kappa shape index (κ2) is 6.72. The number of hydrogen-bond acceptors (Lipinski definition) is 3. The average molecular weight is 289 g/mol. The van der Waals surface area contributed by atoms with Gasteiger partial charge in [-0.2, -0.15) is 0 Å². The molecule has 1 fully saturated rings. The van der Waals surface area contributed by atoms with Crippen LogP contribution in [0.3, 0.4) is 0 Å². The number of carbonyl (C=O) groups is 2. The van der Waals surface area contributed by atoms with Crippen molar-refractivity contribution >= 4 is 11.8 Å². The average Bonchev–Trinajstić information content (AvgIpc) is 2.48. The van der Waals surface area contributed by atoms with Crippen LogP contribution in [0.15, 0.2) is 30.3 Å². The van der Waals surface area contributed by atoms with Gasteiger partial charge in [-0.1, -0.05) is 30.3 Å². The minimum absolute atomic E-state index is 0.00944. The summed E-state index contributed by atoms with van der Waals surface area (Å²) < 4.78 is 0. The lowest BCUT2D eigenvalue weighted by atomic mass is 9.92. The van der Waals surface area contributed by atoms with Crippen molar-refractivity contribution < 1.29 is 9.59 Å². The molecule has 1 aromatic carbocycles. The lowest BCUT2D eigenvalue weighted by molar-refractivity contribution is -0.137. The molecule has 1 saturated heterocycles. The van der Waals surface area contributed by atoms with E-state index in [9.17, 15) is 9.59 Å². The summed E-state index contributed by atoms with van der Waals surface area (Å²) in [6, 6.07) is 9.39. The quantitative estimate of drug-likeness (QED) is 0.872. The Morgan fingerprint density at radius 2 is 1.95 bits per heavy atom. The molecule has 21 heavy (non-hydrogen) atoms. The number of rotatable bonds is 4. The second-order valence-electron chi connectivity index (χ2n) is 5.79. The summed E-state index contributed by atoms with van der Waals surface area (Å²) in [5, 5.41) is 0. The topological polar surface area (TPSA) is 89.4 Å². The number of piperidine rings is 1. The first kappa shape index (κ1) is 15.5. The molecule has 0 spiro atoms. The monoisotopic (exact) mass is 289 g/mol. The zero-order valence-electron chi connectivity index (χ0n) is 12.4. The zero-order valence-corrected chi connectivity index (χ0v) is 12.4. The molecule has 114 valence electrons. The van der Waals surface area contributed by atoms with Gasteiger partial charge in [0.15, 0.2) is 0 Å². The Kier molecular flexibility index (Phi) is 4.96. The predicted molar refractivity (Wildman–Crippen MR) is 81.1 cm³/mol. The van der Waals surface area contributed by atoms with Gasteiger partial charge in [0.05, 0.1) is 5.92 Å². The summed E-state index contributed by atoms with van der Waals surface area (Å²) in [5.41, 5.74) is 12.4. The Bertz CT molecular complexity index is 504. The lowest BCUT2D eigenvalue weighted by Crippen LogP contribution is -2.49. The summed E-state index contributed by atoms with van der Waals surface area (Å²) >= 11 is 0. The zero-order chi connectivity index (χ0) is 15.4. The van der Waals surface area contributed by atoms with Crippen LogP contribution in [0.4, 0.5) is 0 Å². The number of carbonyl (C=O) groups excluding carboxylic acids is 2. The Balaban J connectivity index is 2.00. The van der Waals surface area contributed by atoms with E-state index in [-0.39, 0.29) is 36.2 Å². The molecule has 1 aliphatic rings. The molecule has 5 heteroatoms. The molecule has 2 rings (SSSR count). The highest BCUT2D eigenvalue weighted by molar-refractivity contribution is 5.80. The summed E-state index contributed by atoms with van der Waals surface area (Å²) in [4.78, 5) is 25.5. The SMILES string of the molecule is C[C@@H]1CC[C@H](C(N)=O)CN1C(=O)C[C@@H](N)c1ccccc1. The molecule has 3 atom stereocenters. The number of primary amides is 1. The molecular weight excluding hydrogens is 266 g/mol. The summed E-state index contributed by atoms with van der Waals surface area (Å²) in [5.74, 6) is -0.574. The predicted octanol–water partition coefficient (Wildman–Crippen LogP) is 1.19. The van der Waals surface area contributed by atoms with Crippen molar-refractivity contribution in [3.8, 4) is 0 Å². The molecule has 1 aliphatic heterocycles. The van der Waals surface area contributed by atoms with Gasteiger partial charge in [-0.25, -0.2) is 0 Å². The Morgan fingerprint density at radius 1 is 1.29 bits per heavy atom. The van der Waals surface area contributed by atoms with Crippen LogP contribution in [-0.4, -0.2) is 29.3 Å². The Labute approximate surface area is 125 Å². The van der Waals surface area contributed by atoms with Crippen LogP contribution in [0, 0.1) is 5.92 Å². The van der Waals surface area contributed by atoms with Crippen LogP contribution in [0.1, 0.15) is 37.8 Å². The largest absolute Gasteiger partial charge is 0.369 e. The first-order valence-electron chi connectivity index (χ1n) is 7.38. The van der Waals surface area contributed by atoms with Gasteiger partial charge in [0.2, 0.25) is 11.8 Å². The van der Waals surface area contributed by atoms with E-state index in [0.29, 0.717) is 6.54 Å². The normalized spacial score (nSPS) is 23.6. The number of likely N-dealkylation sites (tertiary alicyclic amines) is 1. The van der Waals surface area contributed by atoms with Gasteiger partial charge in [-0.15, -0.1) is 0 Å². The van der Waals surface area contributed by atoms with Crippen molar-refractivity contribution in [2.24, 2.45) is 17.4 Å². The third-order valence-corrected chi connectivity index (χ3v) is 4.23. The fourth-order valence-electron chi connectivity index (χ4n) is 2.81. The molecule has 0 unspecified atom stereocenters. The van der Waals surface area contributed by atoms with E-state index in [4.69, 9.17) is 11.5 Å². The van der Waals surface area contributed by atoms with E-state index in [1.54, 1.807) is 4.90 Å². The molecule has 0 aliphatic carbocycles. The summed E-state index contributed by atoms with van der Waals surface area (Å²) in [6.07, 6.45) is 1.81. The maximum absolute atomic E-state index is 12.5. The maximum atomic E-state index is 12.5. The first-order valence-corrected chi connectivity index (χ1v) is 7.38. The van der Waals surface area contributed by atoms with Crippen molar-refractivity contribution in [3.63, 3.8) is 0 Å². The van der Waals surface area contributed by atoms with E-state index in [2.05, 4.69) is 0 Å². The Hall–Kier alpha value is -1.88. The number of nitrogens with zero attached hydrogens (tertiary/aromatic N) is 1. The third-order valence-electron chi connectivity index (χ3n) is 4.23. The highest BCUT2D eigenvalue weighted by Crippen LogP contribution is 2.24. The number of hydrogen-bond donors (Lipinski definition) is 2. The van der Waals surface area contributed by atoms with Crippen molar-refractivity contribution in [1.82, 2.24) is 4.90 Å². The van der Waals surface area contributed by atoms with E-state index in [1.165, 1.54) is 0 Å². The fraction of sp³-hybridized carbons (Fsp3) is 0.500. The number of nitrogens with two attached hydrogens (primary N) is 2. The van der Waals surface area contributed by atoms with E-state index in [1.807, 2.05) is 37.3 Å². The fourth-order valence-corrected chi connectivity index (χ4v) is 2.81. The van der Waals surface area contributed by atoms with Gasteiger partial charge in [0.1, 0.15) is 0 Å². The lowest BCUT2D eigenvalue weighted by Gasteiger charge is -2.37. The maximum Gasteiger partial charge on any atom is 0.224 e. The van der Waals surface area contributed by atoms with Crippen LogP contribution >= 0.6 is 0 Å². The third kappa shape index (κ3) is 3.82. The van der Waals surface area contributed by atoms with Crippen molar-refractivity contribution in [3.05, 3.63) is 35.9 Å². The highest BCUT2D eigenvalue weighted by Gasteiger charge is 2.32. The van der Waals surface area contributed by atoms with Crippen molar-refractivity contribution in [2.75, 3.05) is 6.54 Å². The number of amides is 2. The van der Waals surface area contributed by atoms with E-state index in [0.717, 1.165) is 18.4 Å². The van der Waals surface area contributed by atoms with Gasteiger partial charge >= 0.3 is 0 Å². The highest BCUT2D eigenvalue weighted by atomic mass is 16.2. The molecule has 0 aromatic heterocycles. The minimum atomic E-state index is -0.327. The molecule has 5 nitrogen and oxygen atoms in total.